The summed E-state index contributed by atoms with van der Waals surface area (Å²) in [5.74, 6) is -0.964. The van der Waals surface area contributed by atoms with Crippen LogP contribution in [0.2, 0.25) is 0 Å². The quantitative estimate of drug-likeness (QED) is 0.650. The van der Waals surface area contributed by atoms with Crippen molar-refractivity contribution in [1.29, 1.82) is 0 Å². The monoisotopic (exact) mass is 300 g/mol. The Bertz CT molecular complexity index is 514. The Morgan fingerprint density at radius 1 is 1.60 bits per heavy atom. The van der Waals surface area contributed by atoms with E-state index in [1.165, 1.54) is 11.2 Å². The molecule has 6 nitrogen and oxygen atoms in total. The summed E-state index contributed by atoms with van der Waals surface area (Å²) in [5.41, 5.74) is 1.45. The van der Waals surface area contributed by atoms with Crippen LogP contribution in [0.25, 0.3) is 0 Å². The zero-order chi connectivity index (χ0) is 15.3. The molecule has 1 aliphatic heterocycles. The summed E-state index contributed by atoms with van der Waals surface area (Å²) in [6.07, 6.45) is 5.64. The van der Waals surface area contributed by atoms with Crippen LogP contribution in [0.3, 0.4) is 0 Å². The van der Waals surface area contributed by atoms with E-state index in [1.54, 1.807) is 25.2 Å². The van der Waals surface area contributed by atoms with Gasteiger partial charge in [0.1, 0.15) is 6.04 Å². The lowest BCUT2D eigenvalue weighted by atomic mass is 9.97. The maximum atomic E-state index is 11.4. The van der Waals surface area contributed by atoms with E-state index in [2.05, 4.69) is 11.9 Å². The zero-order valence-electron chi connectivity index (χ0n) is 11.6. The molecule has 1 heterocycles. The van der Waals surface area contributed by atoms with Gasteiger partial charge in [0.05, 0.1) is 5.70 Å². The van der Waals surface area contributed by atoms with Crippen molar-refractivity contribution in [1.82, 2.24) is 9.62 Å². The molecule has 1 aliphatic rings. The Morgan fingerprint density at radius 2 is 2.25 bits per heavy atom. The fourth-order valence-electron chi connectivity index (χ4n) is 2.23. The van der Waals surface area contributed by atoms with Gasteiger partial charge >= 0.3 is 5.97 Å². The summed E-state index contributed by atoms with van der Waals surface area (Å²) in [6.45, 7) is 7.15. The number of thiol groups is 1. The first-order valence-electron chi connectivity index (χ1n) is 6.29. The Labute approximate surface area is 120 Å². The van der Waals surface area contributed by atoms with Gasteiger partial charge in [0.25, 0.3) is 0 Å². The first-order valence-corrected chi connectivity index (χ1v) is 7.42. The summed E-state index contributed by atoms with van der Waals surface area (Å²) in [7, 11) is -2.77. The second-order valence-electron chi connectivity index (χ2n) is 4.55. The molecule has 0 aromatic rings. The zero-order valence-corrected chi connectivity index (χ0v) is 12.5. The Hall–Kier alpha value is -1.60. The van der Waals surface area contributed by atoms with Crippen molar-refractivity contribution in [3.63, 3.8) is 0 Å². The molecular weight excluding hydrogens is 280 g/mol. The van der Waals surface area contributed by atoms with Crippen LogP contribution < -0.4 is 5.32 Å². The summed E-state index contributed by atoms with van der Waals surface area (Å²) >= 11 is 0. The lowest BCUT2D eigenvalue weighted by Crippen LogP contribution is -2.49. The molecule has 20 heavy (non-hydrogen) atoms. The first-order chi connectivity index (χ1) is 9.40. The molecule has 0 saturated carbocycles. The number of piperidine rings is 1. The summed E-state index contributed by atoms with van der Waals surface area (Å²) < 4.78 is 24.0. The SMILES string of the molecule is C=C/C=C1/C[C@@H](NC(C)C(=O)O)CN([SH](=O)=O)/C1=C/C. The third kappa shape index (κ3) is 3.94. The van der Waals surface area contributed by atoms with Crippen LogP contribution in [-0.2, 0) is 15.7 Å². The van der Waals surface area contributed by atoms with Gasteiger partial charge in [-0.05, 0) is 25.8 Å². The molecule has 0 aliphatic carbocycles. The first kappa shape index (κ1) is 16.5. The van der Waals surface area contributed by atoms with Crippen molar-refractivity contribution in [2.24, 2.45) is 0 Å². The van der Waals surface area contributed by atoms with Gasteiger partial charge in [-0.25, -0.2) is 8.42 Å². The molecule has 2 N–H and O–H groups in total. The maximum Gasteiger partial charge on any atom is 0.320 e. The molecule has 0 bridgehead atoms. The van der Waals surface area contributed by atoms with Gasteiger partial charge in [-0.1, -0.05) is 24.8 Å². The number of hydrogen-bond donors (Lipinski definition) is 3. The topological polar surface area (TPSA) is 86.7 Å². The molecule has 0 spiro atoms. The van der Waals surface area contributed by atoms with Gasteiger partial charge in [0.15, 0.2) is 0 Å². The van der Waals surface area contributed by atoms with Crippen LogP contribution in [0.1, 0.15) is 20.3 Å². The second-order valence-corrected chi connectivity index (χ2v) is 5.51. The number of hydrogen-bond acceptors (Lipinski definition) is 4. The highest BCUT2D eigenvalue weighted by molar-refractivity contribution is 7.70. The van der Waals surface area contributed by atoms with Crippen LogP contribution in [0, 0.1) is 0 Å². The minimum absolute atomic E-state index is 0.227. The smallest absolute Gasteiger partial charge is 0.320 e. The normalized spacial score (nSPS) is 25.1. The lowest BCUT2D eigenvalue weighted by molar-refractivity contribution is -0.139. The highest BCUT2D eigenvalue weighted by Crippen LogP contribution is 2.27. The minimum atomic E-state index is -2.77. The highest BCUT2D eigenvalue weighted by Gasteiger charge is 2.29. The van der Waals surface area contributed by atoms with Crippen LogP contribution >= 0.6 is 0 Å². The average molecular weight is 300 g/mol. The summed E-state index contributed by atoms with van der Waals surface area (Å²) in [6, 6.07) is -0.979. The number of nitrogens with zero attached hydrogens (tertiary/aromatic N) is 1. The lowest BCUT2D eigenvalue weighted by Gasteiger charge is -2.35. The molecule has 112 valence electrons. The molecule has 0 aromatic heterocycles. The van der Waals surface area contributed by atoms with Crippen molar-refractivity contribution in [3.05, 3.63) is 36.1 Å². The number of carbonyl (C=O) groups is 1. The van der Waals surface area contributed by atoms with E-state index in [4.69, 9.17) is 5.11 Å². The van der Waals surface area contributed by atoms with E-state index in [1.807, 2.05) is 0 Å². The number of carboxylic acids is 1. The average Bonchev–Trinajstić information content (AvgIpc) is 2.38. The molecular formula is C13H20N2O4S. The third-order valence-electron chi connectivity index (χ3n) is 3.11. The van der Waals surface area contributed by atoms with Crippen LogP contribution in [0.15, 0.2) is 36.1 Å². The van der Waals surface area contributed by atoms with Gasteiger partial charge in [-0.2, -0.15) is 0 Å². The van der Waals surface area contributed by atoms with Crippen molar-refractivity contribution >= 4 is 16.9 Å². The van der Waals surface area contributed by atoms with E-state index in [9.17, 15) is 13.2 Å². The number of aliphatic carboxylic acids is 1. The van der Waals surface area contributed by atoms with Crippen molar-refractivity contribution < 1.29 is 18.3 Å². The molecule has 1 rings (SSSR count). The molecule has 0 radical (unpaired) electrons. The van der Waals surface area contributed by atoms with Crippen LogP contribution in [-0.4, -0.2) is 42.4 Å². The van der Waals surface area contributed by atoms with Gasteiger partial charge in [0.2, 0.25) is 10.9 Å². The van der Waals surface area contributed by atoms with Crippen LogP contribution in [0.4, 0.5) is 0 Å². The largest absolute Gasteiger partial charge is 0.480 e. The van der Waals surface area contributed by atoms with Crippen LogP contribution in [0.5, 0.6) is 0 Å². The number of rotatable bonds is 5. The second kappa shape index (κ2) is 7.25. The van der Waals surface area contributed by atoms with E-state index in [-0.39, 0.29) is 12.6 Å². The molecule has 2 atom stereocenters. The summed E-state index contributed by atoms with van der Waals surface area (Å²) in [5, 5.41) is 11.8. The Morgan fingerprint density at radius 3 is 2.70 bits per heavy atom. The maximum absolute atomic E-state index is 11.4. The summed E-state index contributed by atoms with van der Waals surface area (Å²) in [4.78, 5) is 10.9. The van der Waals surface area contributed by atoms with E-state index in [0.717, 1.165) is 5.57 Å². The fourth-order valence-corrected chi connectivity index (χ4v) is 2.98. The highest BCUT2D eigenvalue weighted by atomic mass is 32.2. The Balaban J connectivity index is 3.01. The van der Waals surface area contributed by atoms with E-state index in [0.29, 0.717) is 12.1 Å². The van der Waals surface area contributed by atoms with Gasteiger partial charge in [0, 0.05) is 12.6 Å². The van der Waals surface area contributed by atoms with Crippen molar-refractivity contribution in [2.75, 3.05) is 6.54 Å². The predicted octanol–water partition coefficient (Wildman–Crippen LogP) is 0.666. The van der Waals surface area contributed by atoms with Gasteiger partial charge in [-0.15, -0.1) is 0 Å². The number of carboxylic acid groups (broad SMARTS) is 1. The van der Waals surface area contributed by atoms with Crippen molar-refractivity contribution in [3.8, 4) is 0 Å². The molecule has 1 saturated heterocycles. The molecule has 0 aromatic carbocycles. The van der Waals surface area contributed by atoms with Crippen molar-refractivity contribution in [2.45, 2.75) is 32.4 Å². The minimum Gasteiger partial charge on any atom is -0.480 e. The number of nitrogens with one attached hydrogen (secondary N) is 1. The van der Waals surface area contributed by atoms with Gasteiger partial charge in [-0.3, -0.25) is 14.4 Å². The third-order valence-corrected chi connectivity index (χ3v) is 3.89. The molecule has 7 heteroatoms. The Kier molecular flexibility index (Phi) is 5.97. The van der Waals surface area contributed by atoms with Gasteiger partial charge < -0.3 is 5.11 Å². The number of allylic oxidation sites excluding steroid dienone is 4. The predicted molar refractivity (Wildman–Crippen MR) is 77.7 cm³/mol. The molecule has 1 fully saturated rings. The fraction of sp³-hybridized carbons (Fsp3) is 0.462. The van der Waals surface area contributed by atoms with E-state index < -0.39 is 22.9 Å². The van der Waals surface area contributed by atoms with E-state index >= 15 is 0 Å². The standard InChI is InChI=1S/C13H20N2O4S/c1-4-6-10-7-11(14-9(3)13(16)17)8-15(20(18)19)12(10)5-2/h4-6,9,11,14,20H,1,7-8H2,2-3H3,(H,16,17)/b10-6-,12-5+/t9?,11-/m1/s1. The molecule has 1 unspecified atom stereocenters. The molecule has 0 amide bonds.